The van der Waals surface area contributed by atoms with Crippen LogP contribution in [0.2, 0.25) is 0 Å². The van der Waals surface area contributed by atoms with E-state index in [0.717, 1.165) is 24.4 Å². The third-order valence-electron chi connectivity index (χ3n) is 2.36. The first-order valence-corrected chi connectivity index (χ1v) is 5.30. The van der Waals surface area contributed by atoms with Crippen molar-refractivity contribution in [2.75, 3.05) is 11.6 Å². The summed E-state index contributed by atoms with van der Waals surface area (Å²) < 4.78 is 0. The number of rotatable bonds is 1. The SMILES string of the molecule is Cc1cccc(N2CCCC(=S)N2)c1. The summed E-state index contributed by atoms with van der Waals surface area (Å²) in [4.78, 5) is 0.942. The van der Waals surface area contributed by atoms with E-state index < -0.39 is 0 Å². The van der Waals surface area contributed by atoms with Gasteiger partial charge in [-0.3, -0.25) is 10.4 Å². The normalized spacial score (nSPS) is 16.6. The molecule has 0 saturated carbocycles. The van der Waals surface area contributed by atoms with Gasteiger partial charge in [-0.2, -0.15) is 0 Å². The minimum atomic E-state index is 0.942. The molecule has 1 aliphatic heterocycles. The largest absolute Gasteiger partial charge is 0.292 e. The molecule has 1 aromatic rings. The molecule has 0 bridgehead atoms. The lowest BCUT2D eigenvalue weighted by atomic mass is 10.2. The predicted molar refractivity (Wildman–Crippen MR) is 63.5 cm³/mol. The van der Waals surface area contributed by atoms with Gasteiger partial charge in [0.1, 0.15) is 0 Å². The highest BCUT2D eigenvalue weighted by Crippen LogP contribution is 2.17. The van der Waals surface area contributed by atoms with Crippen LogP contribution in [0.5, 0.6) is 0 Å². The lowest BCUT2D eigenvalue weighted by Gasteiger charge is -2.31. The van der Waals surface area contributed by atoms with E-state index in [1.165, 1.54) is 11.3 Å². The van der Waals surface area contributed by atoms with Crippen LogP contribution >= 0.6 is 12.2 Å². The second-order valence-electron chi connectivity index (χ2n) is 3.63. The van der Waals surface area contributed by atoms with Gasteiger partial charge in [-0.15, -0.1) is 0 Å². The van der Waals surface area contributed by atoms with Crippen LogP contribution in [0.1, 0.15) is 18.4 Å². The van der Waals surface area contributed by atoms with Crippen LogP contribution in [0, 0.1) is 6.92 Å². The minimum absolute atomic E-state index is 0.942. The lowest BCUT2D eigenvalue weighted by molar-refractivity contribution is 0.671. The second-order valence-corrected chi connectivity index (χ2v) is 4.12. The van der Waals surface area contributed by atoms with Crippen molar-refractivity contribution < 1.29 is 0 Å². The maximum atomic E-state index is 5.16. The molecule has 0 aromatic heterocycles. The molecule has 0 amide bonds. The number of thiocarbonyl (C=S) groups is 1. The van der Waals surface area contributed by atoms with Gasteiger partial charge in [-0.25, -0.2) is 0 Å². The van der Waals surface area contributed by atoms with Gasteiger partial charge < -0.3 is 0 Å². The molecule has 14 heavy (non-hydrogen) atoms. The zero-order valence-corrected chi connectivity index (χ0v) is 9.10. The zero-order chi connectivity index (χ0) is 9.97. The van der Waals surface area contributed by atoms with E-state index in [1.807, 2.05) is 0 Å². The van der Waals surface area contributed by atoms with Crippen molar-refractivity contribution in [3.8, 4) is 0 Å². The van der Waals surface area contributed by atoms with Crippen LogP contribution in [0.25, 0.3) is 0 Å². The van der Waals surface area contributed by atoms with Crippen molar-refractivity contribution in [1.82, 2.24) is 5.43 Å². The second kappa shape index (κ2) is 3.96. The summed E-state index contributed by atoms with van der Waals surface area (Å²) >= 11 is 5.16. The molecular weight excluding hydrogens is 192 g/mol. The Kier molecular flexibility index (Phi) is 2.68. The number of anilines is 1. The molecule has 0 radical (unpaired) electrons. The van der Waals surface area contributed by atoms with Crippen molar-refractivity contribution in [3.05, 3.63) is 29.8 Å². The predicted octanol–water partition coefficient (Wildman–Crippen LogP) is 2.43. The Bertz CT molecular complexity index is 349. The van der Waals surface area contributed by atoms with Gasteiger partial charge in [0.05, 0.1) is 10.7 Å². The summed E-state index contributed by atoms with van der Waals surface area (Å²) in [5.41, 5.74) is 5.70. The number of benzene rings is 1. The monoisotopic (exact) mass is 206 g/mol. The van der Waals surface area contributed by atoms with Gasteiger partial charge in [-0.1, -0.05) is 24.4 Å². The number of nitrogens with one attached hydrogen (secondary N) is 1. The van der Waals surface area contributed by atoms with Crippen LogP contribution in [0.4, 0.5) is 5.69 Å². The highest BCUT2D eigenvalue weighted by molar-refractivity contribution is 7.80. The molecule has 1 fully saturated rings. The Hall–Kier alpha value is -1.09. The van der Waals surface area contributed by atoms with Crippen LogP contribution in [-0.4, -0.2) is 11.5 Å². The molecule has 1 N–H and O–H groups in total. The number of hydrogen-bond donors (Lipinski definition) is 1. The van der Waals surface area contributed by atoms with E-state index in [-0.39, 0.29) is 0 Å². The average molecular weight is 206 g/mol. The standard InChI is InChI=1S/C11H14N2S/c1-9-4-2-5-10(8-9)13-7-3-6-11(14)12-13/h2,4-5,8H,3,6-7H2,1H3,(H,12,14). The molecule has 3 heteroatoms. The van der Waals surface area contributed by atoms with Gasteiger partial charge in [0, 0.05) is 13.0 Å². The summed E-state index contributed by atoms with van der Waals surface area (Å²) in [6, 6.07) is 8.45. The van der Waals surface area contributed by atoms with Crippen LogP contribution < -0.4 is 10.4 Å². The highest BCUT2D eigenvalue weighted by atomic mass is 32.1. The Labute approximate surface area is 89.9 Å². The summed E-state index contributed by atoms with van der Waals surface area (Å²) in [5.74, 6) is 0. The van der Waals surface area contributed by atoms with Gasteiger partial charge in [0.25, 0.3) is 0 Å². The number of aryl methyl sites for hydroxylation is 1. The molecule has 0 spiro atoms. The smallest absolute Gasteiger partial charge is 0.0942 e. The highest BCUT2D eigenvalue weighted by Gasteiger charge is 2.13. The van der Waals surface area contributed by atoms with E-state index in [0.29, 0.717) is 0 Å². The first-order chi connectivity index (χ1) is 6.75. The van der Waals surface area contributed by atoms with Crippen LogP contribution in [-0.2, 0) is 0 Å². The minimum Gasteiger partial charge on any atom is -0.292 e. The maximum absolute atomic E-state index is 5.16. The summed E-state index contributed by atoms with van der Waals surface area (Å²) in [5, 5.41) is 2.12. The van der Waals surface area contributed by atoms with Gasteiger partial charge in [-0.05, 0) is 31.0 Å². The van der Waals surface area contributed by atoms with E-state index >= 15 is 0 Å². The molecule has 1 aliphatic rings. The van der Waals surface area contributed by atoms with Crippen molar-refractivity contribution in [1.29, 1.82) is 0 Å². The first-order valence-electron chi connectivity index (χ1n) is 4.89. The molecule has 0 aliphatic carbocycles. The Balaban J connectivity index is 2.17. The summed E-state index contributed by atoms with van der Waals surface area (Å²) in [6.07, 6.45) is 2.15. The van der Waals surface area contributed by atoms with Crippen molar-refractivity contribution >= 4 is 22.9 Å². The summed E-state index contributed by atoms with van der Waals surface area (Å²) in [7, 11) is 0. The fourth-order valence-corrected chi connectivity index (χ4v) is 1.90. The third kappa shape index (κ3) is 2.04. The van der Waals surface area contributed by atoms with Crippen LogP contribution in [0.3, 0.4) is 0 Å². The Morgan fingerprint density at radius 2 is 2.29 bits per heavy atom. The third-order valence-corrected chi connectivity index (χ3v) is 2.65. The molecular formula is C11H14N2S. The molecule has 0 atom stereocenters. The maximum Gasteiger partial charge on any atom is 0.0942 e. The van der Waals surface area contributed by atoms with Gasteiger partial charge in [0.2, 0.25) is 0 Å². The van der Waals surface area contributed by atoms with Gasteiger partial charge in [0.15, 0.2) is 0 Å². The van der Waals surface area contributed by atoms with E-state index in [9.17, 15) is 0 Å². The zero-order valence-electron chi connectivity index (χ0n) is 8.29. The number of hydrogen-bond acceptors (Lipinski definition) is 2. The first kappa shape index (κ1) is 9.46. The van der Waals surface area contributed by atoms with Crippen molar-refractivity contribution in [2.45, 2.75) is 19.8 Å². The molecule has 1 aromatic carbocycles. The summed E-state index contributed by atoms with van der Waals surface area (Å²) in [6.45, 7) is 3.13. The number of nitrogens with zero attached hydrogens (tertiary/aromatic N) is 1. The quantitative estimate of drug-likeness (QED) is 0.710. The molecule has 2 nitrogen and oxygen atoms in total. The molecule has 1 saturated heterocycles. The fourth-order valence-electron chi connectivity index (χ4n) is 1.65. The van der Waals surface area contributed by atoms with Gasteiger partial charge >= 0.3 is 0 Å². The molecule has 74 valence electrons. The molecule has 2 rings (SSSR count). The van der Waals surface area contributed by atoms with E-state index in [4.69, 9.17) is 12.2 Å². The van der Waals surface area contributed by atoms with Crippen LogP contribution in [0.15, 0.2) is 24.3 Å². The topological polar surface area (TPSA) is 15.3 Å². The van der Waals surface area contributed by atoms with Crippen molar-refractivity contribution in [3.63, 3.8) is 0 Å². The van der Waals surface area contributed by atoms with E-state index in [1.54, 1.807) is 0 Å². The Morgan fingerprint density at radius 3 is 3.00 bits per heavy atom. The van der Waals surface area contributed by atoms with Crippen molar-refractivity contribution in [2.24, 2.45) is 0 Å². The number of hydrazine groups is 1. The lowest BCUT2D eigenvalue weighted by Crippen LogP contribution is -2.46. The Morgan fingerprint density at radius 1 is 1.43 bits per heavy atom. The average Bonchev–Trinajstić information content (AvgIpc) is 2.18. The fraction of sp³-hybridized carbons (Fsp3) is 0.364. The molecule has 1 heterocycles. The molecule has 0 unspecified atom stereocenters. The van der Waals surface area contributed by atoms with E-state index in [2.05, 4.69) is 41.6 Å².